The molecule has 5 rings (SSSR count). The zero-order valence-electron chi connectivity index (χ0n) is 17.7. The summed E-state index contributed by atoms with van der Waals surface area (Å²) in [5.74, 6) is 0.966. The number of H-pyrrole nitrogens is 1. The first-order valence-corrected chi connectivity index (χ1v) is 10.8. The second-order valence-corrected chi connectivity index (χ2v) is 8.50. The molecule has 0 atom stereocenters. The van der Waals surface area contributed by atoms with E-state index in [0.717, 1.165) is 42.4 Å². The van der Waals surface area contributed by atoms with Crippen molar-refractivity contribution in [3.8, 4) is 0 Å². The molecular formula is C24H24F2N5O+. The summed E-state index contributed by atoms with van der Waals surface area (Å²) < 4.78 is 27.2. The third-order valence-electron chi connectivity index (χ3n) is 6.29. The Hall–Kier alpha value is -3.42. The number of aromatic amines is 1. The molecule has 3 aromatic rings. The Bertz CT molecular complexity index is 1160. The smallest absolute Gasteiger partial charge is 0.295 e. The Morgan fingerprint density at radius 3 is 2.66 bits per heavy atom. The highest BCUT2D eigenvalue weighted by atomic mass is 19.1. The van der Waals surface area contributed by atoms with E-state index in [2.05, 4.69) is 20.2 Å². The predicted octanol–water partition coefficient (Wildman–Crippen LogP) is 3.83. The topological polar surface area (TPSA) is 72.3 Å². The highest BCUT2D eigenvalue weighted by Gasteiger charge is 2.53. The lowest BCUT2D eigenvalue weighted by Gasteiger charge is -2.42. The maximum atomic E-state index is 14.0. The number of hydrogen-bond donors (Lipinski definition) is 1. The van der Waals surface area contributed by atoms with Crippen LogP contribution in [0.3, 0.4) is 0 Å². The van der Waals surface area contributed by atoms with Gasteiger partial charge in [0.2, 0.25) is 5.91 Å². The molecule has 0 saturated heterocycles. The summed E-state index contributed by atoms with van der Waals surface area (Å²) in [6.07, 6.45) is 2.68. The summed E-state index contributed by atoms with van der Waals surface area (Å²) in [7, 11) is 0. The Kier molecular flexibility index (Phi) is 5.07. The van der Waals surface area contributed by atoms with Crippen LogP contribution in [-0.4, -0.2) is 28.6 Å². The largest absolute Gasteiger partial charge is 0.325 e. The molecule has 1 aliphatic heterocycles. The van der Waals surface area contributed by atoms with Crippen molar-refractivity contribution >= 4 is 23.1 Å². The maximum absolute atomic E-state index is 14.0. The van der Waals surface area contributed by atoms with Gasteiger partial charge < -0.3 is 10.2 Å². The zero-order valence-corrected chi connectivity index (χ0v) is 17.7. The van der Waals surface area contributed by atoms with E-state index in [1.165, 1.54) is 24.3 Å². The number of nitrogens with one attached hydrogen (secondary N) is 2. The van der Waals surface area contributed by atoms with E-state index in [1.54, 1.807) is 0 Å². The summed E-state index contributed by atoms with van der Waals surface area (Å²) in [4.78, 5) is 27.8. The Morgan fingerprint density at radius 2 is 1.94 bits per heavy atom. The van der Waals surface area contributed by atoms with Crippen LogP contribution in [-0.2, 0) is 16.6 Å². The normalized spacial score (nSPS) is 22.1. The quantitative estimate of drug-likeness (QED) is 0.675. The van der Waals surface area contributed by atoms with Crippen LogP contribution in [0.5, 0.6) is 0 Å². The van der Waals surface area contributed by atoms with Gasteiger partial charge in [0.1, 0.15) is 12.0 Å². The van der Waals surface area contributed by atoms with Crippen LogP contribution >= 0.6 is 0 Å². The highest BCUT2D eigenvalue weighted by Crippen LogP contribution is 2.46. The van der Waals surface area contributed by atoms with Crippen molar-refractivity contribution in [3.63, 3.8) is 0 Å². The van der Waals surface area contributed by atoms with E-state index in [9.17, 15) is 13.6 Å². The summed E-state index contributed by atoms with van der Waals surface area (Å²) in [6.45, 7) is 2.73. The molecule has 32 heavy (non-hydrogen) atoms. The van der Waals surface area contributed by atoms with E-state index < -0.39 is 11.6 Å². The van der Waals surface area contributed by atoms with Gasteiger partial charge in [-0.05, 0) is 67.1 Å². The van der Waals surface area contributed by atoms with E-state index >= 15 is 0 Å². The minimum absolute atomic E-state index is 0.0881. The average molecular weight is 436 g/mol. The van der Waals surface area contributed by atoms with Crippen LogP contribution in [0.15, 0.2) is 48.7 Å². The Labute approximate surface area is 184 Å². The fourth-order valence-corrected chi connectivity index (χ4v) is 4.57. The molecule has 0 spiro atoms. The number of aromatic nitrogens is 3. The number of benzene rings is 1. The van der Waals surface area contributed by atoms with Crippen LogP contribution < -0.4 is 15.2 Å². The third kappa shape index (κ3) is 3.59. The molecule has 0 radical (unpaired) electrons. The van der Waals surface area contributed by atoms with E-state index in [4.69, 9.17) is 4.98 Å². The van der Waals surface area contributed by atoms with Gasteiger partial charge in [0.15, 0.2) is 0 Å². The van der Waals surface area contributed by atoms with Crippen LogP contribution in [0.1, 0.15) is 36.5 Å². The molecule has 0 bridgehead atoms. The van der Waals surface area contributed by atoms with Gasteiger partial charge in [-0.3, -0.25) is 9.78 Å². The molecular weight excluding hydrogens is 412 g/mol. The highest BCUT2D eigenvalue weighted by molar-refractivity contribution is 6.00. The monoisotopic (exact) mass is 436 g/mol. The fraction of sp³-hybridized carbons (Fsp3) is 0.333. The number of fused-ring (bicyclic) bond motifs is 1. The van der Waals surface area contributed by atoms with Crippen molar-refractivity contribution in [1.29, 1.82) is 0 Å². The third-order valence-corrected chi connectivity index (χ3v) is 6.29. The van der Waals surface area contributed by atoms with Crippen LogP contribution in [0.4, 0.5) is 26.0 Å². The van der Waals surface area contributed by atoms with Crippen molar-refractivity contribution in [2.75, 3.05) is 16.8 Å². The predicted molar refractivity (Wildman–Crippen MR) is 116 cm³/mol. The summed E-state index contributed by atoms with van der Waals surface area (Å²) in [5, 5.41) is 2.82. The molecule has 2 aromatic heterocycles. The Balaban J connectivity index is 1.46. The van der Waals surface area contributed by atoms with Crippen LogP contribution in [0, 0.1) is 12.7 Å². The molecule has 3 heterocycles. The molecule has 6 nitrogen and oxygen atoms in total. The average Bonchev–Trinajstić information content (AvgIpc) is 2.77. The molecule has 1 aliphatic carbocycles. The van der Waals surface area contributed by atoms with Gasteiger partial charge in [-0.1, -0.05) is 0 Å². The van der Waals surface area contributed by atoms with E-state index in [-0.39, 0.29) is 24.6 Å². The molecule has 1 saturated carbocycles. The fourth-order valence-electron chi connectivity index (χ4n) is 4.57. The SMILES string of the molecule is Cc1nc(N2CCCc3nc(C4(C(=O)Nc5ccc(F)cc5)CC(F)C4)ccc32)cc[nH+]1. The molecule has 2 N–H and O–H groups in total. The number of halogens is 2. The van der Waals surface area contributed by atoms with Crippen molar-refractivity contribution in [3.05, 3.63) is 71.7 Å². The van der Waals surface area contributed by atoms with Crippen molar-refractivity contribution in [1.82, 2.24) is 9.97 Å². The molecule has 1 aromatic carbocycles. The van der Waals surface area contributed by atoms with Gasteiger partial charge in [-0.2, -0.15) is 0 Å². The summed E-state index contributed by atoms with van der Waals surface area (Å²) >= 11 is 0. The van der Waals surface area contributed by atoms with Crippen LogP contribution in [0.2, 0.25) is 0 Å². The number of alkyl halides is 1. The molecule has 2 aliphatic rings. The standard InChI is InChI=1S/C24H23F2N5O/c1-15-27-11-10-22(28-15)31-12-2-3-19-20(31)8-9-21(30-19)24(13-17(26)14-24)23(32)29-18-6-4-16(25)5-7-18/h4-11,17H,2-3,12-14H2,1H3,(H,29,32)/p+1. The first-order chi connectivity index (χ1) is 15.4. The molecule has 1 amide bonds. The Morgan fingerprint density at radius 1 is 1.16 bits per heavy atom. The van der Waals surface area contributed by atoms with Crippen LogP contribution in [0.25, 0.3) is 0 Å². The lowest BCUT2D eigenvalue weighted by Crippen LogP contribution is -2.52. The minimum Gasteiger partial charge on any atom is -0.325 e. The van der Waals surface area contributed by atoms with Crippen molar-refractivity contribution < 1.29 is 18.6 Å². The van der Waals surface area contributed by atoms with E-state index in [1.807, 2.05) is 31.3 Å². The van der Waals surface area contributed by atoms with Gasteiger partial charge in [0, 0.05) is 25.2 Å². The first kappa shape index (κ1) is 20.5. The minimum atomic E-state index is -1.05. The second-order valence-electron chi connectivity index (χ2n) is 8.50. The van der Waals surface area contributed by atoms with Crippen molar-refractivity contribution in [2.24, 2.45) is 0 Å². The number of anilines is 3. The lowest BCUT2D eigenvalue weighted by molar-refractivity contribution is -0.392. The number of rotatable bonds is 4. The first-order valence-electron chi connectivity index (χ1n) is 10.8. The molecule has 0 unspecified atom stereocenters. The maximum Gasteiger partial charge on any atom is 0.295 e. The summed E-state index contributed by atoms with van der Waals surface area (Å²) in [6, 6.07) is 11.3. The van der Waals surface area contributed by atoms with Crippen molar-refractivity contribution in [2.45, 2.75) is 44.2 Å². The molecule has 1 fully saturated rings. The number of nitrogens with zero attached hydrogens (tertiary/aromatic N) is 3. The van der Waals surface area contributed by atoms with Gasteiger partial charge in [-0.15, -0.1) is 0 Å². The number of carbonyl (C=O) groups excluding carboxylic acids is 1. The number of hydrogen-bond acceptors (Lipinski definition) is 4. The number of carbonyl (C=O) groups is 1. The number of aryl methyl sites for hydroxylation is 2. The van der Waals surface area contributed by atoms with Gasteiger partial charge in [0.25, 0.3) is 11.6 Å². The molecule has 8 heteroatoms. The zero-order chi connectivity index (χ0) is 22.3. The number of amides is 1. The van der Waals surface area contributed by atoms with Gasteiger partial charge in [-0.25, -0.2) is 13.8 Å². The lowest BCUT2D eigenvalue weighted by atomic mass is 9.64. The van der Waals surface area contributed by atoms with E-state index in [0.29, 0.717) is 11.4 Å². The summed E-state index contributed by atoms with van der Waals surface area (Å²) in [5.41, 5.74) is 1.88. The molecule has 164 valence electrons. The number of pyridine rings is 1. The van der Waals surface area contributed by atoms with Gasteiger partial charge in [0.05, 0.1) is 28.7 Å². The van der Waals surface area contributed by atoms with Gasteiger partial charge >= 0.3 is 0 Å². The second kappa shape index (κ2) is 7.93.